The molecular formula is C8H11BrClNO. The van der Waals surface area contributed by atoms with Crippen molar-refractivity contribution in [1.82, 2.24) is 0 Å². The molecule has 0 fully saturated rings. The highest BCUT2D eigenvalue weighted by Crippen LogP contribution is 2.26. The molecule has 1 rings (SSSR count). The number of nitrogen functional groups attached to an aromatic ring is 1. The van der Waals surface area contributed by atoms with Crippen molar-refractivity contribution in [3.05, 3.63) is 22.7 Å². The van der Waals surface area contributed by atoms with Crippen LogP contribution < -0.4 is 10.5 Å². The van der Waals surface area contributed by atoms with Gasteiger partial charge in [0.2, 0.25) is 0 Å². The fourth-order valence-corrected chi connectivity index (χ4v) is 1.15. The van der Waals surface area contributed by atoms with Gasteiger partial charge in [0, 0.05) is 11.8 Å². The molecule has 0 radical (unpaired) electrons. The zero-order valence-corrected chi connectivity index (χ0v) is 9.11. The van der Waals surface area contributed by atoms with Crippen molar-refractivity contribution in [2.45, 2.75) is 6.92 Å². The Hall–Kier alpha value is -0.410. The van der Waals surface area contributed by atoms with Crippen LogP contribution >= 0.6 is 28.3 Å². The predicted molar refractivity (Wildman–Crippen MR) is 57.0 cm³/mol. The number of hydrogen-bond acceptors (Lipinski definition) is 2. The van der Waals surface area contributed by atoms with Crippen LogP contribution in [0, 0.1) is 0 Å². The van der Waals surface area contributed by atoms with E-state index < -0.39 is 0 Å². The lowest BCUT2D eigenvalue weighted by Crippen LogP contribution is -1.93. The number of benzene rings is 1. The molecule has 2 nitrogen and oxygen atoms in total. The molecule has 0 aliphatic heterocycles. The van der Waals surface area contributed by atoms with Crippen LogP contribution in [0.5, 0.6) is 5.75 Å². The van der Waals surface area contributed by atoms with Gasteiger partial charge in [-0.2, -0.15) is 0 Å². The molecule has 0 amide bonds. The maximum atomic E-state index is 5.56. The molecule has 0 aliphatic carbocycles. The second-order valence-corrected chi connectivity index (χ2v) is 2.98. The van der Waals surface area contributed by atoms with Gasteiger partial charge >= 0.3 is 0 Å². The molecule has 0 saturated carbocycles. The zero-order chi connectivity index (χ0) is 8.27. The van der Waals surface area contributed by atoms with Crippen molar-refractivity contribution in [3.8, 4) is 5.75 Å². The average Bonchev–Trinajstić information content (AvgIpc) is 1.98. The third-order valence-corrected chi connectivity index (χ3v) is 1.91. The van der Waals surface area contributed by atoms with Crippen LogP contribution in [0.2, 0.25) is 0 Å². The summed E-state index contributed by atoms with van der Waals surface area (Å²) in [7, 11) is 0. The predicted octanol–water partition coefficient (Wildman–Crippen LogP) is 2.85. The maximum absolute atomic E-state index is 5.56. The summed E-state index contributed by atoms with van der Waals surface area (Å²) in [5.74, 6) is 0.799. The molecule has 4 heteroatoms. The summed E-state index contributed by atoms with van der Waals surface area (Å²) < 4.78 is 6.23. The number of nitrogens with two attached hydrogens (primary N) is 1. The van der Waals surface area contributed by atoms with Crippen molar-refractivity contribution in [2.75, 3.05) is 12.3 Å². The Morgan fingerprint density at radius 1 is 1.50 bits per heavy atom. The molecule has 1 aromatic rings. The Morgan fingerprint density at radius 3 is 2.75 bits per heavy atom. The van der Waals surface area contributed by atoms with Crippen LogP contribution in [-0.4, -0.2) is 6.61 Å². The summed E-state index contributed by atoms with van der Waals surface area (Å²) in [5.41, 5.74) is 6.28. The lowest BCUT2D eigenvalue weighted by Gasteiger charge is -2.05. The van der Waals surface area contributed by atoms with E-state index in [1.807, 2.05) is 19.1 Å². The first-order valence-electron chi connectivity index (χ1n) is 3.42. The molecular weight excluding hydrogens is 241 g/mol. The van der Waals surface area contributed by atoms with Gasteiger partial charge in [0.15, 0.2) is 0 Å². The summed E-state index contributed by atoms with van der Waals surface area (Å²) in [6.07, 6.45) is 0. The molecule has 1 aromatic carbocycles. The molecule has 0 aliphatic rings. The van der Waals surface area contributed by atoms with Crippen LogP contribution in [0.25, 0.3) is 0 Å². The number of anilines is 1. The molecule has 0 unspecified atom stereocenters. The lowest BCUT2D eigenvalue weighted by molar-refractivity contribution is 0.338. The summed E-state index contributed by atoms with van der Waals surface area (Å²) in [5, 5.41) is 0. The summed E-state index contributed by atoms with van der Waals surface area (Å²) >= 11 is 3.35. The van der Waals surface area contributed by atoms with Gasteiger partial charge in [-0.3, -0.25) is 0 Å². The van der Waals surface area contributed by atoms with Crippen LogP contribution in [0.4, 0.5) is 5.69 Å². The quantitative estimate of drug-likeness (QED) is 0.822. The van der Waals surface area contributed by atoms with Crippen LogP contribution in [0.3, 0.4) is 0 Å². The molecule has 0 heterocycles. The Kier molecular flexibility index (Phi) is 5.09. The third kappa shape index (κ3) is 2.91. The standard InChI is InChI=1S/C8H10BrNO.ClH/c1-2-11-8-5-6(10)3-4-7(8)9;/h3-5H,2,10H2,1H3;1H. The largest absolute Gasteiger partial charge is 0.493 e. The zero-order valence-electron chi connectivity index (χ0n) is 6.71. The molecule has 2 N–H and O–H groups in total. The fourth-order valence-electron chi connectivity index (χ4n) is 0.786. The second kappa shape index (κ2) is 5.27. The van der Waals surface area contributed by atoms with Crippen LogP contribution in [0.1, 0.15) is 6.92 Å². The fraction of sp³-hybridized carbons (Fsp3) is 0.250. The van der Waals surface area contributed by atoms with Crippen molar-refractivity contribution in [3.63, 3.8) is 0 Å². The van der Waals surface area contributed by atoms with E-state index in [4.69, 9.17) is 10.5 Å². The van der Waals surface area contributed by atoms with Gasteiger partial charge in [0.1, 0.15) is 5.75 Å². The lowest BCUT2D eigenvalue weighted by atomic mass is 10.3. The van der Waals surface area contributed by atoms with E-state index in [1.54, 1.807) is 6.07 Å². The van der Waals surface area contributed by atoms with Gasteiger partial charge in [0.05, 0.1) is 11.1 Å². The van der Waals surface area contributed by atoms with E-state index in [9.17, 15) is 0 Å². The van der Waals surface area contributed by atoms with Crippen molar-refractivity contribution in [1.29, 1.82) is 0 Å². The summed E-state index contributed by atoms with van der Waals surface area (Å²) in [6, 6.07) is 5.50. The molecule has 0 aromatic heterocycles. The number of ether oxygens (including phenoxy) is 1. The van der Waals surface area contributed by atoms with Gasteiger partial charge in [-0.1, -0.05) is 0 Å². The highest BCUT2D eigenvalue weighted by Gasteiger charge is 1.98. The molecule has 0 atom stereocenters. The minimum Gasteiger partial charge on any atom is -0.493 e. The van der Waals surface area contributed by atoms with Gasteiger partial charge in [-0.25, -0.2) is 0 Å². The monoisotopic (exact) mass is 251 g/mol. The van der Waals surface area contributed by atoms with Gasteiger partial charge < -0.3 is 10.5 Å². The molecule has 0 spiro atoms. The first-order valence-corrected chi connectivity index (χ1v) is 4.21. The van der Waals surface area contributed by atoms with Crippen molar-refractivity contribution in [2.24, 2.45) is 0 Å². The van der Waals surface area contributed by atoms with E-state index in [-0.39, 0.29) is 12.4 Å². The smallest absolute Gasteiger partial charge is 0.135 e. The highest BCUT2D eigenvalue weighted by molar-refractivity contribution is 9.10. The Bertz CT molecular complexity index is 255. The number of rotatable bonds is 2. The molecule has 12 heavy (non-hydrogen) atoms. The summed E-state index contributed by atoms with van der Waals surface area (Å²) in [4.78, 5) is 0. The van der Waals surface area contributed by atoms with E-state index in [0.717, 1.165) is 15.9 Å². The minimum atomic E-state index is 0. The number of hydrogen-bond donors (Lipinski definition) is 1. The Labute approximate surface area is 86.6 Å². The van der Waals surface area contributed by atoms with E-state index in [1.165, 1.54) is 0 Å². The first kappa shape index (κ1) is 11.6. The van der Waals surface area contributed by atoms with Crippen LogP contribution in [-0.2, 0) is 0 Å². The highest BCUT2D eigenvalue weighted by atomic mass is 79.9. The maximum Gasteiger partial charge on any atom is 0.135 e. The average molecular weight is 253 g/mol. The molecule has 68 valence electrons. The SMILES string of the molecule is CCOc1cc(N)ccc1Br.Cl. The van der Waals surface area contributed by atoms with Crippen molar-refractivity contribution >= 4 is 34.0 Å². The van der Waals surface area contributed by atoms with Gasteiger partial charge in [0.25, 0.3) is 0 Å². The molecule has 0 saturated heterocycles. The first-order chi connectivity index (χ1) is 5.24. The number of halogens is 2. The second-order valence-electron chi connectivity index (χ2n) is 2.12. The van der Waals surface area contributed by atoms with Gasteiger partial charge in [-0.15, -0.1) is 12.4 Å². The minimum absolute atomic E-state index is 0. The Morgan fingerprint density at radius 2 is 2.17 bits per heavy atom. The van der Waals surface area contributed by atoms with Crippen molar-refractivity contribution < 1.29 is 4.74 Å². The van der Waals surface area contributed by atoms with E-state index >= 15 is 0 Å². The molecule has 0 bridgehead atoms. The third-order valence-electron chi connectivity index (χ3n) is 1.26. The van der Waals surface area contributed by atoms with Gasteiger partial charge in [-0.05, 0) is 35.0 Å². The topological polar surface area (TPSA) is 35.2 Å². The van der Waals surface area contributed by atoms with Crippen LogP contribution in [0.15, 0.2) is 22.7 Å². The summed E-state index contributed by atoms with van der Waals surface area (Å²) in [6.45, 7) is 2.59. The van der Waals surface area contributed by atoms with E-state index in [2.05, 4.69) is 15.9 Å². The Balaban J connectivity index is 0.00000121. The normalized spacial score (nSPS) is 8.83. The van der Waals surface area contributed by atoms with E-state index in [0.29, 0.717) is 6.61 Å².